The van der Waals surface area contributed by atoms with E-state index in [2.05, 4.69) is 16.3 Å². The van der Waals surface area contributed by atoms with Gasteiger partial charge in [-0.05, 0) is 44.4 Å². The fourth-order valence-electron chi connectivity index (χ4n) is 3.79. The van der Waals surface area contributed by atoms with Crippen LogP contribution in [0.1, 0.15) is 25.3 Å². The Hall–Kier alpha value is -1.59. The first-order valence-electron chi connectivity index (χ1n) is 8.48. The largest absolute Gasteiger partial charge is 0.324 e. The smallest absolute Gasteiger partial charge is 0.323 e. The SMILES string of the molecule is CN1C(=O)N[C@@](C)([C@H]2CCCN(CCc3ccccc3Cl)C2)C1=O. The van der Waals surface area contributed by atoms with Gasteiger partial charge in [0.05, 0.1) is 0 Å². The Morgan fingerprint density at radius 3 is 2.75 bits per heavy atom. The highest BCUT2D eigenvalue weighted by Crippen LogP contribution is 2.32. The molecule has 0 spiro atoms. The lowest BCUT2D eigenvalue weighted by Crippen LogP contribution is -2.55. The molecule has 130 valence electrons. The van der Waals surface area contributed by atoms with Crippen LogP contribution >= 0.6 is 11.6 Å². The number of piperidine rings is 1. The molecule has 2 saturated heterocycles. The maximum absolute atomic E-state index is 12.5. The molecule has 3 amide bonds. The average molecular weight is 350 g/mol. The number of likely N-dealkylation sites (tertiary alicyclic amines) is 1. The number of carbonyl (C=O) groups is 2. The Morgan fingerprint density at radius 2 is 2.08 bits per heavy atom. The van der Waals surface area contributed by atoms with E-state index in [0.717, 1.165) is 49.5 Å². The van der Waals surface area contributed by atoms with Gasteiger partial charge in [0.25, 0.3) is 5.91 Å². The van der Waals surface area contributed by atoms with Gasteiger partial charge in [0, 0.05) is 31.1 Å². The summed E-state index contributed by atoms with van der Waals surface area (Å²) in [5, 5.41) is 3.70. The van der Waals surface area contributed by atoms with Crippen molar-refractivity contribution in [2.75, 3.05) is 26.7 Å². The average Bonchev–Trinajstić information content (AvgIpc) is 2.78. The number of hydrogen-bond donors (Lipinski definition) is 1. The predicted molar refractivity (Wildman–Crippen MR) is 94.0 cm³/mol. The minimum atomic E-state index is -0.783. The van der Waals surface area contributed by atoms with Crippen molar-refractivity contribution in [2.45, 2.75) is 31.7 Å². The molecule has 6 heteroatoms. The summed E-state index contributed by atoms with van der Waals surface area (Å²) >= 11 is 6.23. The van der Waals surface area contributed by atoms with Crippen LogP contribution in [0.25, 0.3) is 0 Å². The maximum atomic E-state index is 12.5. The minimum Gasteiger partial charge on any atom is -0.323 e. The summed E-state index contributed by atoms with van der Waals surface area (Å²) in [6.07, 6.45) is 2.89. The van der Waals surface area contributed by atoms with E-state index in [-0.39, 0.29) is 17.9 Å². The third kappa shape index (κ3) is 3.15. The third-order valence-corrected chi connectivity index (χ3v) is 5.77. The summed E-state index contributed by atoms with van der Waals surface area (Å²) in [6, 6.07) is 7.62. The van der Waals surface area contributed by atoms with E-state index in [1.807, 2.05) is 25.1 Å². The van der Waals surface area contributed by atoms with E-state index >= 15 is 0 Å². The van der Waals surface area contributed by atoms with Crippen LogP contribution in [-0.2, 0) is 11.2 Å². The number of hydrogen-bond acceptors (Lipinski definition) is 3. The maximum Gasteiger partial charge on any atom is 0.324 e. The summed E-state index contributed by atoms with van der Waals surface area (Å²) in [5.74, 6) is 0.0179. The molecule has 0 aromatic heterocycles. The van der Waals surface area contributed by atoms with Crippen molar-refractivity contribution in [3.05, 3.63) is 34.9 Å². The van der Waals surface area contributed by atoms with Crippen molar-refractivity contribution in [1.29, 1.82) is 0 Å². The van der Waals surface area contributed by atoms with Crippen LogP contribution in [0, 0.1) is 5.92 Å². The van der Waals surface area contributed by atoms with Crippen molar-refractivity contribution >= 4 is 23.5 Å². The topological polar surface area (TPSA) is 52.7 Å². The van der Waals surface area contributed by atoms with Crippen LogP contribution in [0.15, 0.2) is 24.3 Å². The number of urea groups is 1. The predicted octanol–water partition coefficient (Wildman–Crippen LogP) is 2.53. The molecule has 0 radical (unpaired) electrons. The van der Waals surface area contributed by atoms with Crippen LogP contribution in [0.4, 0.5) is 4.79 Å². The monoisotopic (exact) mass is 349 g/mol. The fraction of sp³-hybridized carbons (Fsp3) is 0.556. The van der Waals surface area contributed by atoms with Gasteiger partial charge in [0.15, 0.2) is 0 Å². The zero-order valence-corrected chi connectivity index (χ0v) is 15.0. The lowest BCUT2D eigenvalue weighted by atomic mass is 9.80. The Labute approximate surface area is 147 Å². The number of nitrogens with one attached hydrogen (secondary N) is 1. The van der Waals surface area contributed by atoms with Gasteiger partial charge in [0.1, 0.15) is 5.54 Å². The number of carbonyl (C=O) groups excluding carboxylic acids is 2. The third-order valence-electron chi connectivity index (χ3n) is 5.40. The second-order valence-corrected chi connectivity index (χ2v) is 7.39. The fourth-order valence-corrected chi connectivity index (χ4v) is 4.02. The summed E-state index contributed by atoms with van der Waals surface area (Å²) in [5.41, 5.74) is 0.368. The summed E-state index contributed by atoms with van der Waals surface area (Å²) in [6.45, 7) is 4.61. The van der Waals surface area contributed by atoms with Crippen LogP contribution in [0.5, 0.6) is 0 Å². The molecule has 1 N–H and O–H groups in total. The number of imide groups is 1. The zero-order valence-electron chi connectivity index (χ0n) is 14.2. The first-order valence-corrected chi connectivity index (χ1v) is 8.85. The molecule has 0 saturated carbocycles. The molecule has 2 aliphatic rings. The van der Waals surface area contributed by atoms with E-state index in [0.29, 0.717) is 0 Å². The van der Waals surface area contributed by atoms with Crippen LogP contribution < -0.4 is 5.32 Å². The van der Waals surface area contributed by atoms with Gasteiger partial charge in [0.2, 0.25) is 0 Å². The molecule has 0 bridgehead atoms. The zero-order chi connectivity index (χ0) is 17.3. The standard InChI is InChI=1S/C18H24ClN3O2/c1-18(16(23)21(2)17(24)20-18)14-7-5-10-22(12-14)11-9-13-6-3-4-8-15(13)19/h3-4,6,8,14H,5,7,9-12H2,1-2H3,(H,20,24)/t14-,18-/m0/s1. The molecule has 24 heavy (non-hydrogen) atoms. The van der Waals surface area contributed by atoms with Crippen molar-refractivity contribution in [3.8, 4) is 0 Å². The molecule has 2 heterocycles. The highest BCUT2D eigenvalue weighted by Gasteiger charge is 2.51. The quantitative estimate of drug-likeness (QED) is 0.850. The lowest BCUT2D eigenvalue weighted by Gasteiger charge is -2.39. The normalized spacial score (nSPS) is 28.3. The first kappa shape index (κ1) is 17.2. The van der Waals surface area contributed by atoms with Crippen molar-refractivity contribution < 1.29 is 9.59 Å². The molecule has 5 nitrogen and oxygen atoms in total. The van der Waals surface area contributed by atoms with Gasteiger partial charge in [-0.2, -0.15) is 0 Å². The Balaban J connectivity index is 1.64. The highest BCUT2D eigenvalue weighted by molar-refractivity contribution is 6.31. The van der Waals surface area contributed by atoms with E-state index in [9.17, 15) is 9.59 Å². The van der Waals surface area contributed by atoms with Crippen molar-refractivity contribution in [3.63, 3.8) is 0 Å². The molecule has 1 aromatic carbocycles. The molecule has 2 atom stereocenters. The van der Waals surface area contributed by atoms with Gasteiger partial charge < -0.3 is 10.2 Å². The molecule has 3 rings (SSSR count). The summed E-state index contributed by atoms with van der Waals surface area (Å²) in [7, 11) is 1.54. The molecule has 2 fully saturated rings. The van der Waals surface area contributed by atoms with Crippen LogP contribution in [-0.4, -0.2) is 54.0 Å². The van der Waals surface area contributed by atoms with Crippen LogP contribution in [0.3, 0.4) is 0 Å². The second kappa shape index (κ2) is 6.73. The van der Waals surface area contributed by atoms with E-state index < -0.39 is 5.54 Å². The molecule has 2 aliphatic heterocycles. The Bertz CT molecular complexity index is 651. The van der Waals surface area contributed by atoms with Crippen molar-refractivity contribution in [2.24, 2.45) is 5.92 Å². The molecular formula is C18H24ClN3O2. The van der Waals surface area contributed by atoms with E-state index in [4.69, 9.17) is 11.6 Å². The Morgan fingerprint density at radius 1 is 1.33 bits per heavy atom. The van der Waals surface area contributed by atoms with Crippen LogP contribution in [0.2, 0.25) is 5.02 Å². The highest BCUT2D eigenvalue weighted by atomic mass is 35.5. The number of amides is 3. The van der Waals surface area contributed by atoms with E-state index in [1.54, 1.807) is 7.05 Å². The van der Waals surface area contributed by atoms with Gasteiger partial charge in [-0.25, -0.2) is 4.79 Å². The molecular weight excluding hydrogens is 326 g/mol. The number of likely N-dealkylation sites (N-methyl/N-ethyl adjacent to an activating group) is 1. The molecule has 0 unspecified atom stereocenters. The summed E-state index contributed by atoms with van der Waals surface area (Å²) in [4.78, 5) is 27.9. The second-order valence-electron chi connectivity index (χ2n) is 6.98. The Kier molecular flexibility index (Phi) is 4.83. The molecule has 0 aliphatic carbocycles. The summed E-state index contributed by atoms with van der Waals surface area (Å²) < 4.78 is 0. The van der Waals surface area contributed by atoms with E-state index in [1.165, 1.54) is 4.90 Å². The molecule has 1 aromatic rings. The van der Waals surface area contributed by atoms with Gasteiger partial charge in [-0.15, -0.1) is 0 Å². The van der Waals surface area contributed by atoms with Gasteiger partial charge >= 0.3 is 6.03 Å². The number of nitrogens with zero attached hydrogens (tertiary/aromatic N) is 2. The first-order chi connectivity index (χ1) is 11.4. The number of halogens is 1. The lowest BCUT2D eigenvalue weighted by molar-refractivity contribution is -0.132. The van der Waals surface area contributed by atoms with Gasteiger partial charge in [-0.3, -0.25) is 9.69 Å². The minimum absolute atomic E-state index is 0.120. The number of benzene rings is 1. The van der Waals surface area contributed by atoms with Crippen molar-refractivity contribution in [1.82, 2.24) is 15.1 Å². The number of rotatable bonds is 4. The van der Waals surface area contributed by atoms with Gasteiger partial charge in [-0.1, -0.05) is 29.8 Å².